The molecule has 0 radical (unpaired) electrons. The lowest BCUT2D eigenvalue weighted by molar-refractivity contribution is 0.365. The maximum absolute atomic E-state index is 3.71. The van der Waals surface area contributed by atoms with E-state index in [1.54, 1.807) is 0 Å². The monoisotopic (exact) mass is 591 g/mol. The molecule has 1 nitrogen and oxygen atoms in total. The van der Waals surface area contributed by atoms with E-state index in [9.17, 15) is 0 Å². The van der Waals surface area contributed by atoms with Crippen LogP contribution in [0.4, 0.5) is 0 Å². The molecule has 0 aliphatic heterocycles. The third-order valence-electron chi connectivity index (χ3n) is 6.66. The van der Waals surface area contributed by atoms with Crippen LogP contribution in [0.25, 0.3) is 21.8 Å². The third kappa shape index (κ3) is 9.34. The highest BCUT2D eigenvalue weighted by Gasteiger charge is 2.16. The molecule has 0 amide bonds. The Morgan fingerprint density at radius 2 is 1.03 bits per heavy atom. The van der Waals surface area contributed by atoms with Crippen molar-refractivity contribution in [2.75, 3.05) is 0 Å². The Kier molecular flexibility index (Phi) is 14.5. The molecule has 0 fully saturated rings. The van der Waals surface area contributed by atoms with Crippen LogP contribution < -0.4 is 0 Å². The van der Waals surface area contributed by atoms with Crippen LogP contribution in [0.15, 0.2) is 45.3 Å². The Hall–Kier alpha value is -0.800. The summed E-state index contributed by atoms with van der Waals surface area (Å²) in [5.41, 5.74) is 2.73. The Balaban J connectivity index is 0.00000129. The number of unbranched alkanes of at least 4 members (excludes halogenated alkanes) is 8. The van der Waals surface area contributed by atoms with E-state index < -0.39 is 0 Å². The van der Waals surface area contributed by atoms with Gasteiger partial charge >= 0.3 is 0 Å². The van der Waals surface area contributed by atoms with Crippen LogP contribution in [-0.4, -0.2) is 4.57 Å². The molecule has 1 unspecified atom stereocenters. The molecular weight excluding hydrogens is 546 g/mol. The van der Waals surface area contributed by atoms with Crippen molar-refractivity contribution in [2.24, 2.45) is 5.92 Å². The van der Waals surface area contributed by atoms with Crippen molar-refractivity contribution < 1.29 is 0 Å². The van der Waals surface area contributed by atoms with E-state index in [0.717, 1.165) is 12.5 Å². The van der Waals surface area contributed by atoms with Gasteiger partial charge in [0.2, 0.25) is 0 Å². The van der Waals surface area contributed by atoms with Gasteiger partial charge in [-0.05, 0) is 43.0 Å². The summed E-state index contributed by atoms with van der Waals surface area (Å²) in [6, 6.07) is 13.5. The molecule has 1 heterocycles. The number of fused-ring (bicyclic) bond motifs is 3. The second kappa shape index (κ2) is 16.8. The highest BCUT2D eigenvalue weighted by molar-refractivity contribution is 9.10. The highest BCUT2D eigenvalue weighted by atomic mass is 79.9. The minimum atomic E-state index is 0.764. The van der Waals surface area contributed by atoms with Gasteiger partial charge in [0.05, 0.1) is 11.0 Å². The maximum atomic E-state index is 3.71. The first-order chi connectivity index (χ1) is 16.5. The van der Waals surface area contributed by atoms with Crippen LogP contribution >= 0.6 is 31.9 Å². The summed E-state index contributed by atoms with van der Waals surface area (Å²) in [7, 11) is 0. The summed E-state index contributed by atoms with van der Waals surface area (Å²) >= 11 is 7.43. The van der Waals surface area contributed by atoms with Crippen LogP contribution in [-0.2, 0) is 6.54 Å². The zero-order valence-electron chi connectivity index (χ0n) is 22.1. The largest absolute Gasteiger partial charge is 0.340 e. The fourth-order valence-corrected chi connectivity index (χ4v) is 5.59. The summed E-state index contributed by atoms with van der Waals surface area (Å²) in [6.07, 6.45) is 17.7. The van der Waals surface area contributed by atoms with Crippen molar-refractivity contribution in [1.29, 1.82) is 0 Å². The smallest absolute Gasteiger partial charge is 0.0502 e. The summed E-state index contributed by atoms with van der Waals surface area (Å²) in [5.74, 6) is 0.764. The highest BCUT2D eigenvalue weighted by Crippen LogP contribution is 2.34. The molecule has 3 rings (SSSR count). The van der Waals surface area contributed by atoms with Crippen molar-refractivity contribution >= 4 is 53.7 Å². The number of hydrogen-bond donors (Lipinski definition) is 0. The molecule has 3 heteroatoms. The Morgan fingerprint density at radius 3 is 1.50 bits per heavy atom. The standard InChI is InChI=1S/C28H39Br2N.C3H8/c1-3-5-7-9-10-12-14-22(13-11-8-6-4-2)21-31-27-19-23(29)15-17-25(27)26-18-16-24(30)20-28(26)31;1-3-2/h15-20,22H,3-14,21H2,1-2H3;3H2,1-2H3. The fourth-order valence-electron chi connectivity index (χ4n) is 4.90. The number of halogens is 2. The average Bonchev–Trinajstić information content (AvgIpc) is 3.11. The van der Waals surface area contributed by atoms with E-state index in [1.807, 2.05) is 0 Å². The molecule has 190 valence electrons. The van der Waals surface area contributed by atoms with Gasteiger partial charge in [-0.2, -0.15) is 0 Å². The molecule has 0 aliphatic rings. The number of hydrogen-bond acceptors (Lipinski definition) is 0. The second-order valence-corrected chi connectivity index (χ2v) is 11.7. The normalized spacial score (nSPS) is 12.2. The minimum absolute atomic E-state index is 0.764. The van der Waals surface area contributed by atoms with E-state index in [0.29, 0.717) is 0 Å². The lowest BCUT2D eigenvalue weighted by atomic mass is 9.94. The van der Waals surface area contributed by atoms with Gasteiger partial charge in [0.15, 0.2) is 0 Å². The molecule has 0 aliphatic carbocycles. The molecule has 0 bridgehead atoms. The average molecular weight is 594 g/mol. The maximum Gasteiger partial charge on any atom is 0.0502 e. The van der Waals surface area contributed by atoms with E-state index >= 15 is 0 Å². The van der Waals surface area contributed by atoms with Gasteiger partial charge in [-0.3, -0.25) is 0 Å². The van der Waals surface area contributed by atoms with Crippen molar-refractivity contribution in [3.05, 3.63) is 45.3 Å². The Labute approximate surface area is 226 Å². The first kappa shape index (κ1) is 29.4. The number of nitrogens with zero attached hydrogens (tertiary/aromatic N) is 1. The van der Waals surface area contributed by atoms with Gasteiger partial charge in [-0.1, -0.05) is 142 Å². The summed E-state index contributed by atoms with van der Waals surface area (Å²) in [4.78, 5) is 0. The Bertz CT molecular complexity index is 900. The fraction of sp³-hybridized carbons (Fsp3) is 0.613. The van der Waals surface area contributed by atoms with E-state index in [4.69, 9.17) is 0 Å². The summed E-state index contributed by atoms with van der Waals surface area (Å²) in [5, 5.41) is 2.74. The van der Waals surface area contributed by atoms with Gasteiger partial charge in [0.1, 0.15) is 0 Å². The van der Waals surface area contributed by atoms with Crippen LogP contribution in [0.5, 0.6) is 0 Å². The van der Waals surface area contributed by atoms with E-state index in [1.165, 1.54) is 114 Å². The van der Waals surface area contributed by atoms with Crippen LogP contribution in [0.2, 0.25) is 0 Å². The van der Waals surface area contributed by atoms with Gasteiger partial charge < -0.3 is 4.57 Å². The minimum Gasteiger partial charge on any atom is -0.340 e. The van der Waals surface area contributed by atoms with Crippen LogP contribution in [0.1, 0.15) is 111 Å². The molecule has 3 aromatic rings. The van der Waals surface area contributed by atoms with Crippen molar-refractivity contribution in [3.8, 4) is 0 Å². The first-order valence-electron chi connectivity index (χ1n) is 13.9. The molecule has 1 aromatic heterocycles. The predicted molar refractivity (Wildman–Crippen MR) is 161 cm³/mol. The van der Waals surface area contributed by atoms with Crippen molar-refractivity contribution in [1.82, 2.24) is 4.57 Å². The zero-order chi connectivity index (χ0) is 24.8. The van der Waals surface area contributed by atoms with Crippen LogP contribution in [0.3, 0.4) is 0 Å². The molecule has 34 heavy (non-hydrogen) atoms. The van der Waals surface area contributed by atoms with Gasteiger partial charge in [0, 0.05) is 26.3 Å². The van der Waals surface area contributed by atoms with Gasteiger partial charge in [-0.15, -0.1) is 0 Å². The molecule has 0 N–H and O–H groups in total. The zero-order valence-corrected chi connectivity index (χ0v) is 25.3. The van der Waals surface area contributed by atoms with Gasteiger partial charge in [0.25, 0.3) is 0 Å². The molecule has 1 atom stereocenters. The first-order valence-corrected chi connectivity index (χ1v) is 15.5. The summed E-state index contributed by atoms with van der Waals surface area (Å²) < 4.78 is 4.93. The van der Waals surface area contributed by atoms with Crippen molar-refractivity contribution in [2.45, 2.75) is 118 Å². The molecule has 0 saturated carbocycles. The number of benzene rings is 2. The number of aromatic nitrogens is 1. The predicted octanol–water partition coefficient (Wildman–Crippen LogP) is 12.1. The molecule has 0 saturated heterocycles. The Morgan fingerprint density at radius 1 is 0.618 bits per heavy atom. The lowest BCUT2D eigenvalue weighted by Gasteiger charge is -2.20. The quantitative estimate of drug-likeness (QED) is 0.164. The SMILES string of the molecule is CCC.CCCCCCCCC(CCCCCC)Cn1c2cc(Br)ccc2c2ccc(Br)cc21. The number of rotatable bonds is 14. The third-order valence-corrected chi connectivity index (χ3v) is 7.65. The lowest BCUT2D eigenvalue weighted by Crippen LogP contribution is -2.11. The molecule has 2 aromatic carbocycles. The second-order valence-electron chi connectivity index (χ2n) is 9.91. The molecular formula is C31H47Br2N. The van der Waals surface area contributed by atoms with E-state index in [2.05, 4.69) is 101 Å². The summed E-state index contributed by atoms with van der Waals surface area (Å²) in [6.45, 7) is 9.99. The van der Waals surface area contributed by atoms with E-state index in [-0.39, 0.29) is 0 Å². The van der Waals surface area contributed by atoms with Gasteiger partial charge in [-0.25, -0.2) is 0 Å². The van der Waals surface area contributed by atoms with Crippen LogP contribution in [0, 0.1) is 5.92 Å². The van der Waals surface area contributed by atoms with Crippen molar-refractivity contribution in [3.63, 3.8) is 0 Å². The topological polar surface area (TPSA) is 4.93 Å². The molecule has 0 spiro atoms.